The van der Waals surface area contributed by atoms with Crippen molar-refractivity contribution in [3.8, 4) is 0 Å². The van der Waals surface area contributed by atoms with E-state index in [-0.39, 0.29) is 24.8 Å². The summed E-state index contributed by atoms with van der Waals surface area (Å²) < 4.78 is 5.47. The fraction of sp³-hybridized carbons (Fsp3) is 0.769. The van der Waals surface area contributed by atoms with Crippen molar-refractivity contribution < 1.29 is 33.9 Å². The molecule has 2 aliphatic rings. The summed E-state index contributed by atoms with van der Waals surface area (Å²) >= 11 is 0. The van der Waals surface area contributed by atoms with E-state index in [1.165, 1.54) is 0 Å². The summed E-state index contributed by atoms with van der Waals surface area (Å²) in [7, 11) is 1.73. The van der Waals surface area contributed by atoms with Crippen LogP contribution in [0.3, 0.4) is 0 Å². The molecule has 11 nitrogen and oxygen atoms in total. The molecule has 0 radical (unpaired) electrons. The number of carboxylic acid groups (broad SMARTS) is 1. The standard InChI is InChI=1S/C26H44N4O7/c1-30-17-11-6-4-2-3-5-7-13-20(19-22(31)29-37-23-15-9-12-18-36-23)24(32)28-21(25(30)33)14-8-10-16-27-26(34)35/h2-3,20-21,23,27H,4-19H2,1H3,(H,28,32)(H,29,31)(H,34,35)/t20?,21?,23-/m0/s1. The molecule has 0 aromatic heterocycles. The zero-order valence-electron chi connectivity index (χ0n) is 22.0. The summed E-state index contributed by atoms with van der Waals surface area (Å²) in [6, 6.07) is -0.733. The Balaban J connectivity index is 2.02. The van der Waals surface area contributed by atoms with E-state index in [2.05, 4.69) is 28.3 Å². The van der Waals surface area contributed by atoms with Crippen LogP contribution in [-0.2, 0) is 24.0 Å². The van der Waals surface area contributed by atoms with Crippen LogP contribution in [0.4, 0.5) is 4.79 Å². The summed E-state index contributed by atoms with van der Waals surface area (Å²) in [6.45, 7) is 1.46. The quantitative estimate of drug-likeness (QED) is 0.206. The number of carbonyl (C=O) groups is 4. The summed E-state index contributed by atoms with van der Waals surface area (Å²) in [5, 5.41) is 14.0. The molecule has 210 valence electrons. The highest BCUT2D eigenvalue weighted by Gasteiger charge is 2.29. The minimum atomic E-state index is -1.09. The van der Waals surface area contributed by atoms with E-state index in [0.29, 0.717) is 45.3 Å². The molecule has 0 bridgehead atoms. The third kappa shape index (κ3) is 12.9. The van der Waals surface area contributed by atoms with Gasteiger partial charge in [-0.2, -0.15) is 0 Å². The lowest BCUT2D eigenvalue weighted by molar-refractivity contribution is -0.200. The molecule has 2 aliphatic heterocycles. The molecular weight excluding hydrogens is 480 g/mol. The SMILES string of the molecule is CN1CCCCC=CCCCC(CC(=O)NO[C@H]2CCCCO2)C(=O)NC(CCCCNC(=O)O)C1=O. The number of carbonyl (C=O) groups excluding carboxylic acids is 3. The maximum atomic E-state index is 13.3. The lowest BCUT2D eigenvalue weighted by Crippen LogP contribution is -2.49. The fourth-order valence-electron chi connectivity index (χ4n) is 4.45. The van der Waals surface area contributed by atoms with Crippen molar-refractivity contribution in [2.75, 3.05) is 26.7 Å². The van der Waals surface area contributed by atoms with Gasteiger partial charge in [0.05, 0.1) is 0 Å². The predicted octanol–water partition coefficient (Wildman–Crippen LogP) is 2.86. The van der Waals surface area contributed by atoms with Crippen LogP contribution in [0.25, 0.3) is 0 Å². The molecule has 4 N–H and O–H groups in total. The Kier molecular flexibility index (Phi) is 14.7. The van der Waals surface area contributed by atoms with Crippen LogP contribution < -0.4 is 16.1 Å². The van der Waals surface area contributed by atoms with Gasteiger partial charge in [0.2, 0.25) is 17.7 Å². The van der Waals surface area contributed by atoms with E-state index in [9.17, 15) is 19.2 Å². The zero-order chi connectivity index (χ0) is 26.9. The van der Waals surface area contributed by atoms with Gasteiger partial charge >= 0.3 is 6.09 Å². The molecule has 11 heteroatoms. The minimum absolute atomic E-state index is 0.0540. The number of rotatable bonds is 9. The molecule has 0 aromatic carbocycles. The van der Waals surface area contributed by atoms with Crippen LogP contribution in [0.15, 0.2) is 12.2 Å². The number of hydrogen-bond acceptors (Lipinski definition) is 6. The van der Waals surface area contributed by atoms with E-state index in [0.717, 1.165) is 44.9 Å². The van der Waals surface area contributed by atoms with Crippen molar-refractivity contribution >= 4 is 23.8 Å². The highest BCUT2D eigenvalue weighted by molar-refractivity contribution is 5.90. The Bertz CT molecular complexity index is 755. The Morgan fingerprint density at radius 3 is 2.62 bits per heavy atom. The molecule has 3 atom stereocenters. The molecule has 2 unspecified atom stereocenters. The third-order valence-corrected chi connectivity index (χ3v) is 6.64. The summed E-state index contributed by atoms with van der Waals surface area (Å²) in [5.41, 5.74) is 2.43. The topological polar surface area (TPSA) is 146 Å². The molecule has 37 heavy (non-hydrogen) atoms. The van der Waals surface area contributed by atoms with Gasteiger partial charge in [-0.15, -0.1) is 0 Å². The maximum Gasteiger partial charge on any atom is 0.404 e. The van der Waals surface area contributed by atoms with Crippen molar-refractivity contribution in [3.63, 3.8) is 0 Å². The van der Waals surface area contributed by atoms with Gasteiger partial charge in [-0.25, -0.2) is 15.1 Å². The summed E-state index contributed by atoms with van der Waals surface area (Å²) in [5.74, 6) is -1.52. The molecule has 0 aliphatic carbocycles. The number of ether oxygens (including phenoxy) is 1. The number of nitrogens with one attached hydrogen (secondary N) is 3. The average molecular weight is 525 g/mol. The van der Waals surface area contributed by atoms with Crippen LogP contribution in [0.1, 0.15) is 83.5 Å². The van der Waals surface area contributed by atoms with E-state index in [4.69, 9.17) is 14.7 Å². The largest absolute Gasteiger partial charge is 0.465 e. The van der Waals surface area contributed by atoms with Crippen molar-refractivity contribution in [1.29, 1.82) is 0 Å². The highest BCUT2D eigenvalue weighted by Crippen LogP contribution is 2.17. The molecule has 0 saturated carbocycles. The Hall–Kier alpha value is -2.66. The van der Waals surface area contributed by atoms with Gasteiger partial charge in [0, 0.05) is 45.5 Å². The molecular formula is C26H44N4O7. The Morgan fingerprint density at radius 1 is 1.11 bits per heavy atom. The number of hydrogen-bond donors (Lipinski definition) is 4. The smallest absolute Gasteiger partial charge is 0.404 e. The minimum Gasteiger partial charge on any atom is -0.465 e. The number of unbranched alkanes of at least 4 members (excludes halogenated alkanes) is 1. The van der Waals surface area contributed by atoms with Crippen molar-refractivity contribution in [3.05, 3.63) is 12.2 Å². The van der Waals surface area contributed by atoms with Gasteiger partial charge in [-0.1, -0.05) is 12.2 Å². The molecule has 1 saturated heterocycles. The predicted molar refractivity (Wildman–Crippen MR) is 137 cm³/mol. The van der Waals surface area contributed by atoms with Crippen LogP contribution in [0.5, 0.6) is 0 Å². The van der Waals surface area contributed by atoms with Gasteiger partial charge in [-0.3, -0.25) is 14.4 Å². The highest BCUT2D eigenvalue weighted by atomic mass is 16.8. The van der Waals surface area contributed by atoms with Crippen molar-refractivity contribution in [1.82, 2.24) is 21.0 Å². The Labute approximate surface area is 219 Å². The molecule has 2 heterocycles. The van der Waals surface area contributed by atoms with Crippen molar-refractivity contribution in [2.45, 2.75) is 95.8 Å². The zero-order valence-corrected chi connectivity index (χ0v) is 22.0. The molecule has 1 fully saturated rings. The first-order valence-corrected chi connectivity index (χ1v) is 13.6. The first-order chi connectivity index (χ1) is 17.9. The van der Waals surface area contributed by atoms with Gasteiger partial charge in [0.1, 0.15) is 6.04 Å². The third-order valence-electron chi connectivity index (χ3n) is 6.64. The summed E-state index contributed by atoms with van der Waals surface area (Å²) in [4.78, 5) is 56.8. The van der Waals surface area contributed by atoms with E-state index in [1.54, 1.807) is 11.9 Å². The summed E-state index contributed by atoms with van der Waals surface area (Å²) in [6.07, 6.45) is 11.6. The molecule has 2 rings (SSSR count). The lowest BCUT2D eigenvalue weighted by atomic mass is 9.96. The average Bonchev–Trinajstić information content (AvgIpc) is 2.89. The number of hydroxylamine groups is 1. The monoisotopic (exact) mass is 524 g/mol. The van der Waals surface area contributed by atoms with Gasteiger partial charge in [0.25, 0.3) is 0 Å². The van der Waals surface area contributed by atoms with Crippen LogP contribution in [0, 0.1) is 5.92 Å². The van der Waals surface area contributed by atoms with E-state index in [1.807, 2.05) is 0 Å². The number of nitrogens with zero attached hydrogens (tertiary/aromatic N) is 1. The second-order valence-corrected chi connectivity index (χ2v) is 9.79. The lowest BCUT2D eigenvalue weighted by Gasteiger charge is -2.27. The van der Waals surface area contributed by atoms with Crippen molar-refractivity contribution in [2.24, 2.45) is 5.92 Å². The number of likely N-dealkylation sites (N-methyl/N-ethyl adjacent to an activating group) is 1. The fourth-order valence-corrected chi connectivity index (χ4v) is 4.45. The molecule has 0 spiro atoms. The number of allylic oxidation sites excluding steroid dienone is 2. The van der Waals surface area contributed by atoms with Gasteiger partial charge in [-0.05, 0) is 70.6 Å². The molecule has 0 aromatic rings. The molecule has 4 amide bonds. The van der Waals surface area contributed by atoms with E-state index < -0.39 is 30.3 Å². The van der Waals surface area contributed by atoms with Gasteiger partial charge < -0.3 is 25.4 Å². The first kappa shape index (κ1) is 30.6. The van der Waals surface area contributed by atoms with Crippen LogP contribution >= 0.6 is 0 Å². The second kappa shape index (κ2) is 17.7. The van der Waals surface area contributed by atoms with Gasteiger partial charge in [0.15, 0.2) is 6.29 Å². The Morgan fingerprint density at radius 2 is 1.89 bits per heavy atom. The van der Waals surface area contributed by atoms with Crippen LogP contribution in [0.2, 0.25) is 0 Å². The van der Waals surface area contributed by atoms with E-state index >= 15 is 0 Å². The first-order valence-electron chi connectivity index (χ1n) is 13.6. The van der Waals surface area contributed by atoms with Crippen LogP contribution in [-0.4, -0.2) is 72.9 Å². The second-order valence-electron chi connectivity index (χ2n) is 9.79. The number of amides is 4. The maximum absolute atomic E-state index is 13.3. The normalized spacial score (nSPS) is 24.5.